The Labute approximate surface area is 137 Å². The van der Waals surface area contributed by atoms with Crippen LogP contribution in [0.15, 0.2) is 21.7 Å². The van der Waals surface area contributed by atoms with E-state index >= 15 is 0 Å². The monoisotopic (exact) mass is 315 g/mol. The van der Waals surface area contributed by atoms with Crippen LogP contribution in [0.5, 0.6) is 0 Å². The van der Waals surface area contributed by atoms with Crippen molar-refractivity contribution < 1.29 is 9.21 Å². The van der Waals surface area contributed by atoms with E-state index < -0.39 is 0 Å². The molecule has 5 nitrogen and oxygen atoms in total. The minimum Gasteiger partial charge on any atom is -0.466 e. The van der Waals surface area contributed by atoms with Crippen molar-refractivity contribution in [1.82, 2.24) is 9.99 Å². The average molecular weight is 315 g/mol. The van der Waals surface area contributed by atoms with Crippen molar-refractivity contribution in [3.8, 4) is 0 Å². The first-order chi connectivity index (χ1) is 10.8. The van der Waals surface area contributed by atoms with Crippen LogP contribution in [-0.4, -0.2) is 16.7 Å². The molecular weight excluding hydrogens is 290 g/mol. The second kappa shape index (κ2) is 6.86. The van der Waals surface area contributed by atoms with Crippen molar-refractivity contribution in [2.24, 2.45) is 11.0 Å². The van der Waals surface area contributed by atoms with Gasteiger partial charge in [0.2, 0.25) is 0 Å². The number of aryl methyl sites for hydroxylation is 3. The first kappa shape index (κ1) is 17.1. The normalized spacial score (nSPS) is 11.6. The molecule has 0 saturated carbocycles. The predicted octanol–water partition coefficient (Wildman–Crippen LogP) is 3.73. The van der Waals surface area contributed by atoms with Gasteiger partial charge in [-0.25, -0.2) is 5.43 Å². The summed E-state index contributed by atoms with van der Waals surface area (Å²) in [6.45, 7) is 13.1. The molecule has 2 rings (SSSR count). The van der Waals surface area contributed by atoms with Crippen LogP contribution in [0, 0.1) is 33.6 Å². The minimum atomic E-state index is -0.258. The fourth-order valence-electron chi connectivity index (χ4n) is 2.68. The van der Waals surface area contributed by atoms with Crippen molar-refractivity contribution in [2.45, 2.75) is 48.1 Å². The molecule has 0 atom stereocenters. The summed E-state index contributed by atoms with van der Waals surface area (Å²) >= 11 is 0. The lowest BCUT2D eigenvalue weighted by atomic mass is 10.2. The molecule has 124 valence electrons. The summed E-state index contributed by atoms with van der Waals surface area (Å²) in [7, 11) is 0. The minimum absolute atomic E-state index is 0.258. The third kappa shape index (κ3) is 3.92. The standard InChI is InChI=1S/C18H25N3O2/c1-11(2)10-21-12(3)7-16(14(21)5)9-19-20-18(22)17-8-13(4)23-15(17)6/h7-9,11H,10H2,1-6H3,(H,20,22). The molecule has 2 aromatic rings. The maximum absolute atomic E-state index is 12.1. The Kier molecular flexibility index (Phi) is 5.08. The Morgan fingerprint density at radius 3 is 2.57 bits per heavy atom. The molecule has 1 N–H and O–H groups in total. The van der Waals surface area contributed by atoms with Gasteiger partial charge in [-0.15, -0.1) is 0 Å². The van der Waals surface area contributed by atoms with Crippen LogP contribution in [0.2, 0.25) is 0 Å². The van der Waals surface area contributed by atoms with Gasteiger partial charge >= 0.3 is 0 Å². The molecule has 0 aliphatic heterocycles. The molecule has 0 radical (unpaired) electrons. The summed E-state index contributed by atoms with van der Waals surface area (Å²) in [6, 6.07) is 3.80. The Morgan fingerprint density at radius 1 is 1.30 bits per heavy atom. The van der Waals surface area contributed by atoms with E-state index in [0.717, 1.165) is 17.8 Å². The zero-order valence-corrected chi connectivity index (χ0v) is 14.7. The molecule has 1 amide bonds. The highest BCUT2D eigenvalue weighted by Gasteiger charge is 2.13. The van der Waals surface area contributed by atoms with Gasteiger partial charge in [-0.3, -0.25) is 4.79 Å². The Bertz CT molecular complexity index is 736. The van der Waals surface area contributed by atoms with E-state index in [4.69, 9.17) is 4.42 Å². The largest absolute Gasteiger partial charge is 0.466 e. The highest BCUT2D eigenvalue weighted by atomic mass is 16.3. The Morgan fingerprint density at radius 2 is 2.00 bits per heavy atom. The zero-order valence-electron chi connectivity index (χ0n) is 14.7. The van der Waals surface area contributed by atoms with Crippen molar-refractivity contribution in [1.29, 1.82) is 0 Å². The van der Waals surface area contributed by atoms with Crippen molar-refractivity contribution in [3.63, 3.8) is 0 Å². The molecular formula is C18H25N3O2. The third-order valence-electron chi connectivity index (χ3n) is 3.82. The van der Waals surface area contributed by atoms with E-state index in [2.05, 4.69) is 48.9 Å². The Hall–Kier alpha value is -2.30. The molecule has 0 aromatic carbocycles. The summed E-state index contributed by atoms with van der Waals surface area (Å²) in [5.41, 5.74) is 6.45. The lowest BCUT2D eigenvalue weighted by Gasteiger charge is -2.11. The average Bonchev–Trinajstić information content (AvgIpc) is 2.92. The molecule has 0 fully saturated rings. The number of amides is 1. The number of nitrogens with zero attached hydrogens (tertiary/aromatic N) is 2. The number of nitrogens with one attached hydrogen (secondary N) is 1. The summed E-state index contributed by atoms with van der Waals surface area (Å²) < 4.78 is 7.63. The molecule has 2 aromatic heterocycles. The first-order valence-electron chi connectivity index (χ1n) is 7.86. The third-order valence-corrected chi connectivity index (χ3v) is 3.82. The molecule has 5 heteroatoms. The SMILES string of the molecule is Cc1cc(C(=O)NN=Cc2cc(C)n(CC(C)C)c2C)c(C)o1. The smallest absolute Gasteiger partial charge is 0.274 e. The number of hydrogen-bond acceptors (Lipinski definition) is 3. The topological polar surface area (TPSA) is 59.5 Å². The van der Waals surface area contributed by atoms with E-state index in [0.29, 0.717) is 23.0 Å². The number of furan rings is 1. The van der Waals surface area contributed by atoms with E-state index in [-0.39, 0.29) is 5.91 Å². The summed E-state index contributed by atoms with van der Waals surface area (Å²) in [4.78, 5) is 12.1. The van der Waals surface area contributed by atoms with Crippen LogP contribution in [0.4, 0.5) is 0 Å². The summed E-state index contributed by atoms with van der Waals surface area (Å²) in [5, 5.41) is 4.08. The van der Waals surface area contributed by atoms with Crippen LogP contribution in [-0.2, 0) is 6.54 Å². The molecule has 0 spiro atoms. The van der Waals surface area contributed by atoms with E-state index in [1.165, 1.54) is 5.69 Å². The van der Waals surface area contributed by atoms with Gasteiger partial charge in [-0.1, -0.05) is 13.8 Å². The Balaban J connectivity index is 2.09. The van der Waals surface area contributed by atoms with Crippen molar-refractivity contribution in [3.05, 3.63) is 46.2 Å². The number of carbonyl (C=O) groups excluding carboxylic acids is 1. The molecule has 0 bridgehead atoms. The summed E-state index contributed by atoms with van der Waals surface area (Å²) in [5.74, 6) is 1.64. The maximum atomic E-state index is 12.1. The van der Waals surface area contributed by atoms with Gasteiger partial charge in [-0.05, 0) is 45.7 Å². The second-order valence-corrected chi connectivity index (χ2v) is 6.36. The maximum Gasteiger partial charge on any atom is 0.274 e. The van der Waals surface area contributed by atoms with Crippen molar-refractivity contribution in [2.75, 3.05) is 0 Å². The number of hydrazone groups is 1. The molecule has 0 unspecified atom stereocenters. The molecule has 2 heterocycles. The number of rotatable bonds is 5. The van der Waals surface area contributed by atoms with Crippen LogP contribution in [0.25, 0.3) is 0 Å². The molecule has 0 aliphatic carbocycles. The van der Waals surface area contributed by atoms with Gasteiger partial charge < -0.3 is 8.98 Å². The van der Waals surface area contributed by atoms with Gasteiger partial charge in [0.05, 0.1) is 11.8 Å². The number of aromatic nitrogens is 1. The zero-order chi connectivity index (χ0) is 17.1. The summed E-state index contributed by atoms with van der Waals surface area (Å²) in [6.07, 6.45) is 1.69. The first-order valence-corrected chi connectivity index (χ1v) is 7.86. The van der Waals surface area contributed by atoms with Crippen LogP contribution < -0.4 is 5.43 Å². The fraction of sp³-hybridized carbons (Fsp3) is 0.444. The highest BCUT2D eigenvalue weighted by Crippen LogP contribution is 2.16. The number of carbonyl (C=O) groups is 1. The van der Waals surface area contributed by atoms with Crippen molar-refractivity contribution >= 4 is 12.1 Å². The van der Waals surface area contributed by atoms with Crippen LogP contribution in [0.1, 0.15) is 52.7 Å². The molecule has 0 saturated heterocycles. The van der Waals surface area contributed by atoms with Gasteiger partial charge in [0, 0.05) is 23.5 Å². The van der Waals surface area contributed by atoms with Gasteiger partial charge in [0.1, 0.15) is 11.5 Å². The van der Waals surface area contributed by atoms with E-state index in [1.54, 1.807) is 19.2 Å². The highest BCUT2D eigenvalue weighted by molar-refractivity contribution is 5.96. The number of hydrogen-bond donors (Lipinski definition) is 1. The van der Waals surface area contributed by atoms with Gasteiger partial charge in [0.25, 0.3) is 5.91 Å². The fourth-order valence-corrected chi connectivity index (χ4v) is 2.68. The quantitative estimate of drug-likeness (QED) is 0.675. The lowest BCUT2D eigenvalue weighted by molar-refractivity contribution is 0.0953. The van der Waals surface area contributed by atoms with E-state index in [1.807, 2.05) is 6.92 Å². The molecule has 23 heavy (non-hydrogen) atoms. The predicted molar refractivity (Wildman–Crippen MR) is 92.0 cm³/mol. The van der Waals surface area contributed by atoms with E-state index in [9.17, 15) is 4.79 Å². The van der Waals surface area contributed by atoms with Gasteiger partial charge in [0.15, 0.2) is 0 Å². The van der Waals surface area contributed by atoms with Gasteiger partial charge in [-0.2, -0.15) is 5.10 Å². The van der Waals surface area contributed by atoms with Crippen LogP contribution in [0.3, 0.4) is 0 Å². The van der Waals surface area contributed by atoms with Crippen LogP contribution >= 0.6 is 0 Å². The second-order valence-electron chi connectivity index (χ2n) is 6.36. The molecule has 0 aliphatic rings. The lowest BCUT2D eigenvalue weighted by Crippen LogP contribution is -2.17.